The van der Waals surface area contributed by atoms with Gasteiger partial charge in [0.1, 0.15) is 18.4 Å². The Morgan fingerprint density at radius 3 is 2.45 bits per heavy atom. The number of guanidine groups is 1. The molecule has 7 unspecified atom stereocenters. The molecule has 13 heteroatoms. The number of rotatable bonds is 3. The van der Waals surface area contributed by atoms with Crippen molar-refractivity contribution in [3.8, 4) is 0 Å². The van der Waals surface area contributed by atoms with Crippen LogP contribution in [-0.2, 0) is 4.79 Å². The van der Waals surface area contributed by atoms with Crippen LogP contribution >= 0.6 is 0 Å². The summed E-state index contributed by atoms with van der Waals surface area (Å²) in [4.78, 5) is 17.3. The third-order valence-electron chi connectivity index (χ3n) is 6.17. The molecule has 0 radical (unpaired) electrons. The molecule has 1 amide bonds. The summed E-state index contributed by atoms with van der Waals surface area (Å²) < 4.78 is 54.6. The first-order valence-electron chi connectivity index (χ1n) is 11.3. The summed E-state index contributed by atoms with van der Waals surface area (Å²) in [5.74, 6) is -2.36. The third-order valence-corrected chi connectivity index (χ3v) is 6.17. The lowest BCUT2D eigenvalue weighted by Gasteiger charge is -2.32. The molecule has 1 aliphatic carbocycles. The summed E-state index contributed by atoms with van der Waals surface area (Å²) in [6.45, 7) is 5.41. The van der Waals surface area contributed by atoms with E-state index >= 15 is 0 Å². The van der Waals surface area contributed by atoms with Gasteiger partial charge in [-0.25, -0.2) is 25.2 Å². The highest BCUT2D eigenvalue weighted by molar-refractivity contribution is 5.98. The molecule has 2 aliphatic heterocycles. The molecule has 7 atom stereocenters. The first-order valence-corrected chi connectivity index (χ1v) is 11.3. The highest BCUT2D eigenvalue weighted by Gasteiger charge is 2.52. The van der Waals surface area contributed by atoms with Crippen LogP contribution in [0.1, 0.15) is 46.5 Å². The smallest absolute Gasteiger partial charge is 0.393 e. The van der Waals surface area contributed by atoms with Gasteiger partial charge in [0.15, 0.2) is 5.96 Å². The minimum Gasteiger partial charge on any atom is -0.393 e. The summed E-state index contributed by atoms with van der Waals surface area (Å²) in [7, 11) is 1.45. The van der Waals surface area contributed by atoms with E-state index in [1.807, 2.05) is 20.8 Å². The first kappa shape index (κ1) is 26.1. The number of carbonyl (C=O) groups excluding carboxylic acids is 1. The summed E-state index contributed by atoms with van der Waals surface area (Å²) >= 11 is 0. The SMILES string of the molecule is CN1CC(C(=O)N/C(=N/C2CC(C3CCC(O)CC3F)NN2)NC(C)(C)C)C(C(F)(F)F)N1. The van der Waals surface area contributed by atoms with Crippen molar-refractivity contribution in [1.82, 2.24) is 31.9 Å². The molecule has 1 saturated carbocycles. The van der Waals surface area contributed by atoms with Crippen LogP contribution in [0.2, 0.25) is 0 Å². The van der Waals surface area contributed by atoms with Gasteiger partial charge in [-0.3, -0.25) is 15.5 Å². The fourth-order valence-corrected chi connectivity index (χ4v) is 4.63. The van der Waals surface area contributed by atoms with Crippen LogP contribution in [0.3, 0.4) is 0 Å². The molecule has 0 aromatic carbocycles. The number of hydrogen-bond acceptors (Lipinski definition) is 7. The largest absolute Gasteiger partial charge is 0.405 e. The van der Waals surface area contributed by atoms with E-state index in [1.54, 1.807) is 0 Å². The van der Waals surface area contributed by atoms with Crippen LogP contribution in [0.5, 0.6) is 0 Å². The number of hydrazine groups is 2. The first-order chi connectivity index (χ1) is 15.2. The summed E-state index contributed by atoms with van der Waals surface area (Å²) in [5.41, 5.74) is 7.78. The minimum absolute atomic E-state index is 0.0544. The Balaban J connectivity index is 1.69. The van der Waals surface area contributed by atoms with Gasteiger partial charge >= 0.3 is 6.18 Å². The minimum atomic E-state index is -4.58. The van der Waals surface area contributed by atoms with Crippen molar-refractivity contribution < 1.29 is 27.5 Å². The molecule has 6 N–H and O–H groups in total. The third kappa shape index (κ3) is 6.98. The average molecular weight is 482 g/mol. The van der Waals surface area contributed by atoms with Gasteiger partial charge in [0.05, 0.1) is 12.0 Å². The molecule has 3 fully saturated rings. The summed E-state index contributed by atoms with van der Waals surface area (Å²) in [6, 6.07) is -2.20. The predicted molar refractivity (Wildman–Crippen MR) is 114 cm³/mol. The van der Waals surface area contributed by atoms with Gasteiger partial charge in [0.2, 0.25) is 5.91 Å². The van der Waals surface area contributed by atoms with Crippen LogP contribution in [0.15, 0.2) is 4.99 Å². The molecular formula is C20H35F4N7O2. The standard InChI is InChI=1S/C20H35F4N7O2/c1-19(2,3)27-18(26-17(33)12-9-31(4)30-16(12)20(22,23)24)25-15-8-14(28-29-15)11-6-5-10(32)7-13(11)21/h10-16,28-30,32H,5-9H2,1-4H3,(H2,25,26,27,33). The van der Waals surface area contributed by atoms with Crippen molar-refractivity contribution in [3.63, 3.8) is 0 Å². The summed E-state index contributed by atoms with van der Waals surface area (Å²) in [5, 5.41) is 16.5. The number of amides is 1. The normalized spacial score (nSPS) is 36.8. The van der Waals surface area contributed by atoms with Crippen molar-refractivity contribution in [3.05, 3.63) is 0 Å². The van der Waals surface area contributed by atoms with Gasteiger partial charge in [0.25, 0.3) is 0 Å². The molecule has 33 heavy (non-hydrogen) atoms. The molecule has 2 saturated heterocycles. The monoisotopic (exact) mass is 481 g/mol. The topological polar surface area (TPSA) is 113 Å². The number of aliphatic hydroxyl groups is 1. The molecule has 0 aromatic heterocycles. The maximum Gasteiger partial charge on any atom is 0.405 e. The highest BCUT2D eigenvalue weighted by atomic mass is 19.4. The number of aliphatic imine (C=N–C) groups is 1. The zero-order valence-corrected chi connectivity index (χ0v) is 19.3. The van der Waals surface area contributed by atoms with E-state index in [1.165, 1.54) is 12.1 Å². The second kappa shape index (κ2) is 9.98. The summed E-state index contributed by atoms with van der Waals surface area (Å²) in [6.07, 6.45) is -5.23. The molecule has 9 nitrogen and oxygen atoms in total. The van der Waals surface area contributed by atoms with E-state index < -0.39 is 48.0 Å². The van der Waals surface area contributed by atoms with Crippen LogP contribution < -0.4 is 26.9 Å². The van der Waals surface area contributed by atoms with Gasteiger partial charge < -0.3 is 10.4 Å². The van der Waals surface area contributed by atoms with Gasteiger partial charge in [0, 0.05) is 43.9 Å². The number of halogens is 4. The van der Waals surface area contributed by atoms with Crippen LogP contribution in [0, 0.1) is 11.8 Å². The number of nitrogens with zero attached hydrogens (tertiary/aromatic N) is 2. The Hall–Kier alpha value is -1.54. The van der Waals surface area contributed by atoms with Gasteiger partial charge in [-0.1, -0.05) is 0 Å². The molecule has 0 bridgehead atoms. The van der Waals surface area contributed by atoms with E-state index in [0.29, 0.717) is 19.3 Å². The number of alkyl halides is 4. The van der Waals surface area contributed by atoms with Crippen molar-refractivity contribution in [1.29, 1.82) is 0 Å². The molecule has 3 aliphatic rings. The molecular weight excluding hydrogens is 446 g/mol. The fraction of sp³-hybridized carbons (Fsp3) is 0.900. The van der Waals surface area contributed by atoms with Crippen LogP contribution in [-0.4, -0.2) is 77.8 Å². The Morgan fingerprint density at radius 1 is 1.15 bits per heavy atom. The van der Waals surface area contributed by atoms with E-state index in [9.17, 15) is 27.5 Å². The Kier molecular flexibility index (Phi) is 7.89. The van der Waals surface area contributed by atoms with E-state index in [4.69, 9.17) is 0 Å². The average Bonchev–Trinajstić information content (AvgIpc) is 3.26. The molecule has 3 rings (SSSR count). The number of nitrogens with one attached hydrogen (secondary N) is 5. The van der Waals surface area contributed by atoms with Gasteiger partial charge in [-0.15, -0.1) is 0 Å². The number of carbonyl (C=O) groups is 1. The zero-order valence-electron chi connectivity index (χ0n) is 19.3. The highest BCUT2D eigenvalue weighted by Crippen LogP contribution is 2.33. The predicted octanol–water partition coefficient (Wildman–Crippen LogP) is 0.536. The Bertz CT molecular complexity index is 730. The second-order valence-corrected chi connectivity index (χ2v) is 10.3. The molecule has 0 aromatic rings. The fourth-order valence-electron chi connectivity index (χ4n) is 4.63. The second-order valence-electron chi connectivity index (χ2n) is 10.3. The van der Waals surface area contributed by atoms with Crippen LogP contribution in [0.25, 0.3) is 0 Å². The van der Waals surface area contributed by atoms with E-state index in [2.05, 4.69) is 31.9 Å². The van der Waals surface area contributed by atoms with Crippen molar-refractivity contribution >= 4 is 11.9 Å². The van der Waals surface area contributed by atoms with E-state index in [-0.39, 0.29) is 30.9 Å². The zero-order chi connectivity index (χ0) is 24.6. The lowest BCUT2D eigenvalue weighted by atomic mass is 9.80. The maximum absolute atomic E-state index is 14.4. The van der Waals surface area contributed by atoms with Gasteiger partial charge in [-0.2, -0.15) is 13.2 Å². The molecule has 0 spiro atoms. The Labute approximate surface area is 191 Å². The van der Waals surface area contributed by atoms with Crippen molar-refractivity contribution in [2.45, 2.75) is 88.7 Å². The van der Waals surface area contributed by atoms with Crippen molar-refractivity contribution in [2.24, 2.45) is 16.8 Å². The van der Waals surface area contributed by atoms with Gasteiger partial charge in [-0.05, 0) is 33.6 Å². The van der Waals surface area contributed by atoms with Crippen LogP contribution in [0.4, 0.5) is 17.6 Å². The lowest BCUT2D eigenvalue weighted by molar-refractivity contribution is -0.168. The number of aliphatic hydroxyl groups excluding tert-OH is 1. The molecule has 190 valence electrons. The molecule has 2 heterocycles. The van der Waals surface area contributed by atoms with Crippen molar-refractivity contribution in [2.75, 3.05) is 13.6 Å². The Morgan fingerprint density at radius 2 is 1.85 bits per heavy atom. The quantitative estimate of drug-likeness (QED) is 0.198. The lowest BCUT2D eigenvalue weighted by Crippen LogP contribution is -2.54. The van der Waals surface area contributed by atoms with E-state index in [0.717, 1.165) is 0 Å². The maximum atomic E-state index is 14.4. The number of hydrogen-bond donors (Lipinski definition) is 6.